The van der Waals surface area contributed by atoms with Crippen molar-refractivity contribution >= 4 is 6.08 Å². The molecule has 2 aliphatic rings. The molecule has 0 atom stereocenters. The molecule has 120 valence electrons. The summed E-state index contributed by atoms with van der Waals surface area (Å²) in [7, 11) is 0. The van der Waals surface area contributed by atoms with E-state index in [4.69, 9.17) is 0 Å². The molecule has 1 saturated heterocycles. The lowest BCUT2D eigenvalue weighted by molar-refractivity contribution is 0.0773. The second-order valence-corrected chi connectivity index (χ2v) is 7.06. The average molecular weight is 298 g/mol. The zero-order valence-corrected chi connectivity index (χ0v) is 14.0. The van der Waals surface area contributed by atoms with Crippen LogP contribution in [0.25, 0.3) is 6.08 Å². The monoisotopic (exact) mass is 298 g/mol. The fourth-order valence-corrected chi connectivity index (χ4v) is 3.82. The summed E-state index contributed by atoms with van der Waals surface area (Å²) < 4.78 is 0. The fourth-order valence-electron chi connectivity index (χ4n) is 3.82. The van der Waals surface area contributed by atoms with Crippen molar-refractivity contribution in [2.24, 2.45) is 5.92 Å². The van der Waals surface area contributed by atoms with E-state index in [0.717, 1.165) is 18.5 Å². The van der Waals surface area contributed by atoms with E-state index in [0.29, 0.717) is 0 Å². The van der Waals surface area contributed by atoms with Crippen LogP contribution in [0.4, 0.5) is 0 Å². The minimum atomic E-state index is 0.873. The highest BCUT2D eigenvalue weighted by molar-refractivity contribution is 5.48. The van der Waals surface area contributed by atoms with Crippen molar-refractivity contribution in [3.63, 3.8) is 0 Å². The molecule has 1 saturated carbocycles. The normalized spacial score (nSPS) is 28.2. The summed E-state index contributed by atoms with van der Waals surface area (Å²) in [5.74, 6) is 0.959. The first kappa shape index (κ1) is 15.8. The van der Waals surface area contributed by atoms with Gasteiger partial charge in [-0.25, -0.2) is 0 Å². The van der Waals surface area contributed by atoms with Crippen molar-refractivity contribution in [3.8, 4) is 0 Å². The molecule has 22 heavy (non-hydrogen) atoms. The Balaban J connectivity index is 1.39. The van der Waals surface area contributed by atoms with Crippen LogP contribution in [0.15, 0.2) is 36.4 Å². The Bertz CT molecular complexity index is 452. The van der Waals surface area contributed by atoms with E-state index >= 15 is 0 Å². The molecule has 1 aromatic rings. The van der Waals surface area contributed by atoms with Gasteiger partial charge in [0.15, 0.2) is 0 Å². The van der Waals surface area contributed by atoms with Gasteiger partial charge >= 0.3 is 0 Å². The van der Waals surface area contributed by atoms with Crippen molar-refractivity contribution < 1.29 is 0 Å². The Morgan fingerprint density at radius 2 is 1.64 bits per heavy atom. The third-order valence-electron chi connectivity index (χ3n) is 5.38. The van der Waals surface area contributed by atoms with Gasteiger partial charge in [0.25, 0.3) is 0 Å². The minimum Gasteiger partial charge on any atom is -0.298 e. The number of nitrogens with zero attached hydrogens (tertiary/aromatic N) is 2. The molecule has 2 heteroatoms. The molecule has 0 unspecified atom stereocenters. The van der Waals surface area contributed by atoms with Gasteiger partial charge in [-0.05, 0) is 37.2 Å². The van der Waals surface area contributed by atoms with E-state index in [-0.39, 0.29) is 0 Å². The molecule has 1 aliphatic carbocycles. The summed E-state index contributed by atoms with van der Waals surface area (Å²) in [5, 5.41) is 0. The number of hydrogen-bond donors (Lipinski definition) is 0. The smallest absolute Gasteiger partial charge is 0.0167 e. The molecule has 0 radical (unpaired) electrons. The van der Waals surface area contributed by atoms with Crippen LogP contribution in [-0.4, -0.2) is 48.6 Å². The maximum atomic E-state index is 2.75. The van der Waals surface area contributed by atoms with Gasteiger partial charge in [-0.1, -0.05) is 49.4 Å². The first-order chi connectivity index (χ1) is 10.8. The SMILES string of the molecule is CC1CCC(N2CCN(C/C=C/c3ccccc3)CC2)CC1. The van der Waals surface area contributed by atoms with Gasteiger partial charge in [0, 0.05) is 38.8 Å². The highest BCUT2D eigenvalue weighted by atomic mass is 15.3. The molecular weight excluding hydrogens is 268 g/mol. The maximum Gasteiger partial charge on any atom is 0.0167 e. The van der Waals surface area contributed by atoms with E-state index < -0.39 is 0 Å². The highest BCUT2D eigenvalue weighted by Crippen LogP contribution is 2.27. The van der Waals surface area contributed by atoms with Gasteiger partial charge in [-0.2, -0.15) is 0 Å². The fraction of sp³-hybridized carbons (Fsp3) is 0.600. The summed E-state index contributed by atoms with van der Waals surface area (Å²) in [4.78, 5) is 5.34. The van der Waals surface area contributed by atoms with Gasteiger partial charge in [0.2, 0.25) is 0 Å². The predicted octanol–water partition coefficient (Wildman–Crippen LogP) is 3.90. The van der Waals surface area contributed by atoms with E-state index in [1.54, 1.807) is 0 Å². The standard InChI is InChI=1S/C20H30N2/c1-18-9-11-20(12-10-18)22-16-14-21(15-17-22)13-5-8-19-6-3-2-4-7-19/h2-8,18,20H,9-17H2,1H3/b8-5+. The Morgan fingerprint density at radius 1 is 0.955 bits per heavy atom. The summed E-state index contributed by atoms with van der Waals surface area (Å²) in [6, 6.07) is 11.5. The first-order valence-corrected chi connectivity index (χ1v) is 8.99. The van der Waals surface area contributed by atoms with Crippen LogP contribution >= 0.6 is 0 Å². The van der Waals surface area contributed by atoms with Crippen LogP contribution in [0.1, 0.15) is 38.2 Å². The van der Waals surface area contributed by atoms with Gasteiger partial charge in [-0.3, -0.25) is 9.80 Å². The third-order valence-corrected chi connectivity index (χ3v) is 5.38. The Kier molecular flexibility index (Phi) is 5.69. The second kappa shape index (κ2) is 7.94. The topological polar surface area (TPSA) is 6.48 Å². The maximum absolute atomic E-state index is 2.75. The number of hydrogen-bond acceptors (Lipinski definition) is 2. The third kappa shape index (κ3) is 4.44. The molecule has 2 fully saturated rings. The van der Waals surface area contributed by atoms with Crippen LogP contribution in [0, 0.1) is 5.92 Å². The number of piperazine rings is 1. The van der Waals surface area contributed by atoms with Crippen LogP contribution in [0.3, 0.4) is 0 Å². The summed E-state index contributed by atoms with van der Waals surface area (Å²) in [6.45, 7) is 8.48. The zero-order chi connectivity index (χ0) is 15.2. The lowest BCUT2D eigenvalue weighted by Crippen LogP contribution is -2.50. The molecule has 3 rings (SSSR count). The predicted molar refractivity (Wildman–Crippen MR) is 94.9 cm³/mol. The van der Waals surface area contributed by atoms with Crippen molar-refractivity contribution in [1.29, 1.82) is 0 Å². The van der Waals surface area contributed by atoms with Crippen molar-refractivity contribution in [2.45, 2.75) is 38.6 Å². The van der Waals surface area contributed by atoms with Crippen molar-refractivity contribution in [2.75, 3.05) is 32.7 Å². The largest absolute Gasteiger partial charge is 0.298 e. The zero-order valence-electron chi connectivity index (χ0n) is 14.0. The second-order valence-electron chi connectivity index (χ2n) is 7.06. The lowest BCUT2D eigenvalue weighted by Gasteiger charge is -2.41. The molecule has 0 bridgehead atoms. The summed E-state index contributed by atoms with van der Waals surface area (Å²) in [5.41, 5.74) is 1.30. The lowest BCUT2D eigenvalue weighted by atomic mass is 9.86. The van der Waals surface area contributed by atoms with Crippen molar-refractivity contribution in [1.82, 2.24) is 9.80 Å². The Morgan fingerprint density at radius 3 is 2.32 bits per heavy atom. The van der Waals surface area contributed by atoms with E-state index in [1.165, 1.54) is 57.4 Å². The van der Waals surface area contributed by atoms with Gasteiger partial charge in [0.05, 0.1) is 0 Å². The van der Waals surface area contributed by atoms with Crippen molar-refractivity contribution in [3.05, 3.63) is 42.0 Å². The number of rotatable bonds is 4. The molecule has 1 heterocycles. The first-order valence-electron chi connectivity index (χ1n) is 8.99. The molecule has 0 N–H and O–H groups in total. The molecule has 1 aromatic carbocycles. The summed E-state index contributed by atoms with van der Waals surface area (Å²) >= 11 is 0. The van der Waals surface area contributed by atoms with Crippen LogP contribution in [0.2, 0.25) is 0 Å². The average Bonchev–Trinajstić information content (AvgIpc) is 2.57. The Hall–Kier alpha value is -1.12. The molecule has 0 amide bonds. The summed E-state index contributed by atoms with van der Waals surface area (Å²) in [6.07, 6.45) is 10.3. The molecule has 2 nitrogen and oxygen atoms in total. The van der Waals surface area contributed by atoms with Gasteiger partial charge in [0.1, 0.15) is 0 Å². The molecule has 0 spiro atoms. The van der Waals surface area contributed by atoms with Crippen LogP contribution < -0.4 is 0 Å². The number of benzene rings is 1. The van der Waals surface area contributed by atoms with E-state index in [1.807, 2.05) is 0 Å². The van der Waals surface area contributed by atoms with Crippen LogP contribution in [-0.2, 0) is 0 Å². The van der Waals surface area contributed by atoms with E-state index in [9.17, 15) is 0 Å². The Labute approximate surface area is 135 Å². The molecule has 1 aliphatic heterocycles. The quantitative estimate of drug-likeness (QED) is 0.832. The van der Waals surface area contributed by atoms with E-state index in [2.05, 4.69) is 59.2 Å². The van der Waals surface area contributed by atoms with Gasteiger partial charge < -0.3 is 0 Å². The minimum absolute atomic E-state index is 0.873. The van der Waals surface area contributed by atoms with Crippen LogP contribution in [0.5, 0.6) is 0 Å². The van der Waals surface area contributed by atoms with Gasteiger partial charge in [-0.15, -0.1) is 0 Å². The highest BCUT2D eigenvalue weighted by Gasteiger charge is 2.26. The molecule has 0 aromatic heterocycles. The molecular formula is C20H30N2.